The van der Waals surface area contributed by atoms with Gasteiger partial charge in [-0.15, -0.1) is 0 Å². The first-order valence-electron chi connectivity index (χ1n) is 5.92. The van der Waals surface area contributed by atoms with Crippen LogP contribution in [0.1, 0.15) is 32.6 Å². The number of hydrogen-bond donors (Lipinski definition) is 1. The lowest BCUT2D eigenvalue weighted by Gasteiger charge is -2.42. The molecule has 6 atom stereocenters. The van der Waals surface area contributed by atoms with Crippen molar-refractivity contribution in [3.8, 4) is 0 Å². The van der Waals surface area contributed by atoms with Crippen LogP contribution in [0, 0.1) is 35.5 Å². The molecule has 4 aliphatic carbocycles. The maximum absolute atomic E-state index is 4.39. The van der Waals surface area contributed by atoms with Gasteiger partial charge < -0.3 is 0 Å². The Morgan fingerprint density at radius 1 is 1.08 bits per heavy atom. The molecule has 4 rings (SSSR count). The quantitative estimate of drug-likeness (QED) is 0.644. The maximum atomic E-state index is 4.39. The Balaban J connectivity index is 1.80. The zero-order valence-electron chi connectivity index (χ0n) is 8.45. The van der Waals surface area contributed by atoms with Gasteiger partial charge in [-0.05, 0) is 66.9 Å². The summed E-state index contributed by atoms with van der Waals surface area (Å²) in [6.45, 7) is 2.51. The largest absolute Gasteiger partial charge is 0.179 e. The average molecular weight is 196 g/mol. The first-order chi connectivity index (χ1) is 6.31. The van der Waals surface area contributed by atoms with E-state index in [1.807, 2.05) is 0 Å². The van der Waals surface area contributed by atoms with Crippen LogP contribution in [0.3, 0.4) is 0 Å². The molecule has 4 fully saturated rings. The van der Waals surface area contributed by atoms with Crippen molar-refractivity contribution < 1.29 is 0 Å². The van der Waals surface area contributed by atoms with Gasteiger partial charge in [0, 0.05) is 0 Å². The lowest BCUT2D eigenvalue weighted by molar-refractivity contribution is 0.0849. The average Bonchev–Trinajstić information content (AvgIpc) is 2.58. The molecule has 0 amide bonds. The molecule has 0 spiro atoms. The SMILES string of the molecule is C[C@@H]1C2CC3C(CCS)CC2CC31. The Labute approximate surface area is 86.9 Å². The van der Waals surface area contributed by atoms with E-state index in [-0.39, 0.29) is 0 Å². The monoisotopic (exact) mass is 196 g/mol. The third kappa shape index (κ3) is 1.06. The Bertz CT molecular complexity index is 213. The van der Waals surface area contributed by atoms with Gasteiger partial charge in [0.1, 0.15) is 0 Å². The number of hydrogen-bond acceptors (Lipinski definition) is 1. The van der Waals surface area contributed by atoms with Crippen LogP contribution in [0.15, 0.2) is 0 Å². The Hall–Kier alpha value is 0.350. The molecule has 0 N–H and O–H groups in total. The van der Waals surface area contributed by atoms with Crippen LogP contribution in [-0.2, 0) is 0 Å². The Kier molecular flexibility index (Phi) is 1.94. The van der Waals surface area contributed by atoms with Crippen molar-refractivity contribution in [2.45, 2.75) is 32.6 Å². The molecule has 0 aromatic heterocycles. The van der Waals surface area contributed by atoms with E-state index in [1.165, 1.54) is 6.42 Å². The summed E-state index contributed by atoms with van der Waals surface area (Å²) in [5.74, 6) is 7.72. The zero-order chi connectivity index (χ0) is 9.00. The van der Waals surface area contributed by atoms with Gasteiger partial charge in [-0.3, -0.25) is 0 Å². The number of rotatable bonds is 2. The summed E-state index contributed by atoms with van der Waals surface area (Å²) in [4.78, 5) is 0. The molecule has 0 saturated heterocycles. The van der Waals surface area contributed by atoms with Gasteiger partial charge in [-0.25, -0.2) is 0 Å². The van der Waals surface area contributed by atoms with E-state index in [0.29, 0.717) is 0 Å². The molecule has 0 aromatic rings. The maximum Gasteiger partial charge on any atom is -0.00952 e. The molecule has 0 aromatic carbocycles. The van der Waals surface area contributed by atoms with E-state index in [9.17, 15) is 0 Å². The summed E-state index contributed by atoms with van der Waals surface area (Å²) < 4.78 is 0. The van der Waals surface area contributed by atoms with Gasteiger partial charge in [0.2, 0.25) is 0 Å². The van der Waals surface area contributed by atoms with Crippen LogP contribution in [0.25, 0.3) is 0 Å². The summed E-state index contributed by atoms with van der Waals surface area (Å²) in [6, 6.07) is 0. The summed E-state index contributed by atoms with van der Waals surface area (Å²) in [6.07, 6.45) is 6.10. The molecule has 0 radical (unpaired) electrons. The molecule has 0 nitrogen and oxygen atoms in total. The fourth-order valence-electron chi connectivity index (χ4n) is 4.82. The van der Waals surface area contributed by atoms with Gasteiger partial charge in [-0.1, -0.05) is 6.92 Å². The van der Waals surface area contributed by atoms with E-state index in [4.69, 9.17) is 0 Å². The minimum absolute atomic E-state index is 1.06. The van der Waals surface area contributed by atoms with Gasteiger partial charge in [0.25, 0.3) is 0 Å². The van der Waals surface area contributed by atoms with Gasteiger partial charge in [0.15, 0.2) is 0 Å². The fraction of sp³-hybridized carbons (Fsp3) is 1.00. The molecule has 1 heteroatoms. The molecular formula is C12H20S. The van der Waals surface area contributed by atoms with Crippen molar-refractivity contribution in [2.24, 2.45) is 35.5 Å². The molecule has 0 aliphatic heterocycles. The standard InChI is InChI=1S/C12H20S/c1-7-10-6-12-8(2-3-13)4-9(10)5-11(7)12/h7-13H,2-6H2,1H3/t7-,8?,9?,10?,11?,12?/m1/s1. The predicted molar refractivity (Wildman–Crippen MR) is 58.9 cm³/mol. The summed E-state index contributed by atoms with van der Waals surface area (Å²) in [5, 5.41) is 0. The highest BCUT2D eigenvalue weighted by Gasteiger charge is 2.56. The lowest BCUT2D eigenvalue weighted by atomic mass is 9.64. The van der Waals surface area contributed by atoms with Crippen molar-refractivity contribution in [3.05, 3.63) is 0 Å². The zero-order valence-corrected chi connectivity index (χ0v) is 9.34. The second-order valence-corrected chi connectivity index (χ2v) is 6.04. The van der Waals surface area contributed by atoms with Crippen LogP contribution in [0.5, 0.6) is 0 Å². The molecule has 13 heavy (non-hydrogen) atoms. The van der Waals surface area contributed by atoms with E-state index in [2.05, 4.69) is 19.6 Å². The highest BCUT2D eigenvalue weighted by atomic mass is 32.1. The van der Waals surface area contributed by atoms with Crippen LogP contribution < -0.4 is 0 Å². The second kappa shape index (κ2) is 2.92. The first kappa shape index (κ1) is 8.64. The lowest BCUT2D eigenvalue weighted by Crippen LogP contribution is -2.33. The first-order valence-corrected chi connectivity index (χ1v) is 6.55. The van der Waals surface area contributed by atoms with Crippen LogP contribution >= 0.6 is 12.6 Å². The Morgan fingerprint density at radius 2 is 1.92 bits per heavy atom. The molecule has 74 valence electrons. The third-order valence-corrected chi connectivity index (χ3v) is 5.59. The molecule has 0 heterocycles. The summed E-state index contributed by atoms with van der Waals surface area (Å²) in [5.41, 5.74) is 0. The normalized spacial score (nSPS) is 57.7. The molecule has 4 aliphatic rings. The second-order valence-electron chi connectivity index (χ2n) is 5.59. The highest BCUT2D eigenvalue weighted by Crippen LogP contribution is 2.64. The summed E-state index contributed by atoms with van der Waals surface area (Å²) in [7, 11) is 0. The van der Waals surface area contributed by atoms with Gasteiger partial charge in [-0.2, -0.15) is 12.6 Å². The fourth-order valence-corrected chi connectivity index (χ4v) is 5.15. The van der Waals surface area contributed by atoms with Crippen LogP contribution in [0.4, 0.5) is 0 Å². The smallest absolute Gasteiger partial charge is 0.00952 e. The van der Waals surface area contributed by atoms with Crippen molar-refractivity contribution in [1.82, 2.24) is 0 Å². The van der Waals surface area contributed by atoms with Crippen molar-refractivity contribution in [2.75, 3.05) is 5.75 Å². The molecule has 4 saturated carbocycles. The van der Waals surface area contributed by atoms with Crippen LogP contribution in [-0.4, -0.2) is 5.75 Å². The highest BCUT2D eigenvalue weighted by molar-refractivity contribution is 7.80. The van der Waals surface area contributed by atoms with Gasteiger partial charge >= 0.3 is 0 Å². The van der Waals surface area contributed by atoms with Crippen molar-refractivity contribution in [3.63, 3.8) is 0 Å². The minimum Gasteiger partial charge on any atom is -0.179 e. The number of fused-ring (bicyclic) bond motifs is 1. The molecule has 4 bridgehead atoms. The minimum atomic E-state index is 1.06. The third-order valence-electron chi connectivity index (χ3n) is 5.34. The van der Waals surface area contributed by atoms with Gasteiger partial charge in [0.05, 0.1) is 0 Å². The van der Waals surface area contributed by atoms with Crippen molar-refractivity contribution in [1.29, 1.82) is 0 Å². The topological polar surface area (TPSA) is 0 Å². The molecule has 5 unspecified atom stereocenters. The number of thiol groups is 1. The Morgan fingerprint density at radius 3 is 2.46 bits per heavy atom. The van der Waals surface area contributed by atoms with E-state index in [1.54, 1.807) is 19.3 Å². The van der Waals surface area contributed by atoms with Crippen molar-refractivity contribution >= 4 is 12.6 Å². The van der Waals surface area contributed by atoms with E-state index in [0.717, 1.165) is 41.3 Å². The van der Waals surface area contributed by atoms with Crippen LogP contribution in [0.2, 0.25) is 0 Å². The predicted octanol–water partition coefficient (Wildman–Crippen LogP) is 3.23. The summed E-state index contributed by atoms with van der Waals surface area (Å²) >= 11 is 4.39. The van der Waals surface area contributed by atoms with E-state index >= 15 is 0 Å². The molecular weight excluding hydrogens is 176 g/mol. The van der Waals surface area contributed by atoms with E-state index < -0.39 is 0 Å².